The lowest BCUT2D eigenvalue weighted by Gasteiger charge is -2.40. The number of halogens is 1. The summed E-state index contributed by atoms with van der Waals surface area (Å²) in [6.07, 6.45) is 4.13. The molecule has 0 aliphatic carbocycles. The maximum atomic E-state index is 13.0. The number of aromatic nitrogens is 3. The molecule has 3 aromatic rings. The van der Waals surface area contributed by atoms with Crippen molar-refractivity contribution in [3.8, 4) is 10.6 Å². The normalized spacial score (nSPS) is 20.9. The van der Waals surface area contributed by atoms with E-state index in [-0.39, 0.29) is 24.2 Å². The predicted octanol–water partition coefficient (Wildman–Crippen LogP) is 3.37. The number of nitrogens with zero attached hydrogens (tertiary/aromatic N) is 6. The van der Waals surface area contributed by atoms with E-state index in [1.54, 1.807) is 17.5 Å². The number of β-amino-alcohol motifs (C(OH)–C–C–N with tert-alkyl or cyclic N) is 2. The minimum atomic E-state index is -1.35. The quantitative estimate of drug-likeness (QED) is 0.346. The van der Waals surface area contributed by atoms with Crippen LogP contribution in [0.3, 0.4) is 0 Å². The van der Waals surface area contributed by atoms with Crippen LogP contribution in [0.1, 0.15) is 42.1 Å². The van der Waals surface area contributed by atoms with E-state index in [1.807, 2.05) is 23.3 Å². The lowest BCUT2D eigenvalue weighted by Crippen LogP contribution is -2.54. The molecule has 0 spiro atoms. The number of carbonyl (C=O) groups excluding carboxylic acids is 1. The van der Waals surface area contributed by atoms with Gasteiger partial charge in [0.2, 0.25) is 0 Å². The van der Waals surface area contributed by atoms with Crippen molar-refractivity contribution in [2.75, 3.05) is 42.9 Å². The zero-order chi connectivity index (χ0) is 26.8. The van der Waals surface area contributed by atoms with Crippen molar-refractivity contribution in [2.24, 2.45) is 0 Å². The van der Waals surface area contributed by atoms with E-state index in [2.05, 4.69) is 32.0 Å². The van der Waals surface area contributed by atoms with Gasteiger partial charge in [-0.2, -0.15) is 0 Å². The molecule has 0 saturated carbocycles. The van der Waals surface area contributed by atoms with Crippen LogP contribution in [0.2, 0.25) is 5.02 Å². The van der Waals surface area contributed by atoms with Crippen LogP contribution in [-0.4, -0.2) is 92.0 Å². The van der Waals surface area contributed by atoms with Crippen molar-refractivity contribution < 1.29 is 15.0 Å². The third kappa shape index (κ3) is 6.33. The summed E-state index contributed by atoms with van der Waals surface area (Å²) in [6, 6.07) is 2.57. The third-order valence-corrected chi connectivity index (χ3v) is 9.35. The molecule has 38 heavy (non-hydrogen) atoms. The monoisotopic (exact) mass is 577 g/mol. The van der Waals surface area contributed by atoms with E-state index in [4.69, 9.17) is 16.6 Å². The molecule has 5 heterocycles. The Morgan fingerprint density at radius 1 is 1.18 bits per heavy atom. The average Bonchev–Trinajstić information content (AvgIpc) is 3.61. The summed E-state index contributed by atoms with van der Waals surface area (Å²) in [6.45, 7) is 8.40. The number of anilines is 2. The standard InChI is InChI=1S/C25H32ClN7O3S2/c1-15-4-3-5-31(15)12-20-23(19-8-17(26)14-37-19)29-25(38-20)30-24(36)18-9-28-21(10-27-18)33-7-6-32(13-22(34)35)16(2)11-33/h8-10,14-16,22,34-35H,3-7,11-13H2,1-2H3,(H,29,30,36)/t15-,16+/m1/s1. The van der Waals surface area contributed by atoms with Crippen LogP contribution in [0, 0.1) is 0 Å². The molecule has 2 aliphatic heterocycles. The number of aliphatic hydroxyl groups is 2. The van der Waals surface area contributed by atoms with Gasteiger partial charge in [-0.05, 0) is 39.3 Å². The Balaban J connectivity index is 1.27. The van der Waals surface area contributed by atoms with E-state index in [0.29, 0.717) is 41.6 Å². The summed E-state index contributed by atoms with van der Waals surface area (Å²) >= 11 is 9.23. The largest absolute Gasteiger partial charge is 0.367 e. The second kappa shape index (κ2) is 11.9. The molecule has 2 aliphatic rings. The molecule has 0 radical (unpaired) electrons. The van der Waals surface area contributed by atoms with E-state index in [9.17, 15) is 15.0 Å². The Morgan fingerprint density at radius 2 is 2.03 bits per heavy atom. The zero-order valence-corrected chi connectivity index (χ0v) is 23.8. The average molecular weight is 578 g/mol. The number of thiophene rings is 1. The number of hydrogen-bond donors (Lipinski definition) is 3. The van der Waals surface area contributed by atoms with Gasteiger partial charge in [-0.25, -0.2) is 15.0 Å². The van der Waals surface area contributed by atoms with Crippen molar-refractivity contribution in [1.29, 1.82) is 0 Å². The van der Waals surface area contributed by atoms with Crippen LogP contribution in [0.25, 0.3) is 10.6 Å². The second-order valence-electron chi connectivity index (χ2n) is 9.87. The highest BCUT2D eigenvalue weighted by Gasteiger charge is 2.27. The predicted molar refractivity (Wildman–Crippen MR) is 151 cm³/mol. The Labute approximate surface area is 234 Å². The number of rotatable bonds is 8. The highest BCUT2D eigenvalue weighted by Crippen LogP contribution is 2.37. The fourth-order valence-corrected chi connectivity index (χ4v) is 7.15. The molecule has 2 fully saturated rings. The Kier molecular flexibility index (Phi) is 8.58. The van der Waals surface area contributed by atoms with Crippen LogP contribution in [-0.2, 0) is 6.54 Å². The number of nitrogens with one attached hydrogen (secondary N) is 1. The number of thiazole rings is 1. The first kappa shape index (κ1) is 27.4. The molecule has 5 rings (SSSR count). The molecule has 0 unspecified atom stereocenters. The maximum Gasteiger partial charge on any atom is 0.277 e. The number of hydrogen-bond acceptors (Lipinski definition) is 11. The number of carbonyl (C=O) groups is 1. The van der Waals surface area contributed by atoms with Gasteiger partial charge in [0.15, 0.2) is 11.4 Å². The van der Waals surface area contributed by atoms with Gasteiger partial charge in [0, 0.05) is 55.1 Å². The van der Waals surface area contributed by atoms with Crippen LogP contribution in [0.15, 0.2) is 23.8 Å². The summed E-state index contributed by atoms with van der Waals surface area (Å²) in [5.74, 6) is 0.329. The zero-order valence-electron chi connectivity index (χ0n) is 21.4. The van der Waals surface area contributed by atoms with Crippen LogP contribution >= 0.6 is 34.3 Å². The van der Waals surface area contributed by atoms with E-state index >= 15 is 0 Å². The summed E-state index contributed by atoms with van der Waals surface area (Å²) in [5, 5.41) is 24.6. The SMILES string of the molecule is C[C@@H]1CCCN1Cc1sc(NC(=O)c2cnc(N3CCN(CC(O)O)[C@@H](C)C3)cn2)nc1-c1cc(Cl)cs1. The number of aliphatic hydroxyl groups excluding tert-OH is 1. The van der Waals surface area contributed by atoms with Crippen molar-refractivity contribution in [2.45, 2.75) is 51.6 Å². The molecular formula is C25H32ClN7O3S2. The minimum Gasteiger partial charge on any atom is -0.367 e. The fourth-order valence-electron chi connectivity index (χ4n) is 5.00. The van der Waals surface area contributed by atoms with Gasteiger partial charge in [-0.3, -0.25) is 19.9 Å². The van der Waals surface area contributed by atoms with E-state index in [1.165, 1.54) is 30.4 Å². The van der Waals surface area contributed by atoms with Gasteiger partial charge >= 0.3 is 0 Å². The molecule has 10 nitrogen and oxygen atoms in total. The van der Waals surface area contributed by atoms with Gasteiger partial charge in [0.25, 0.3) is 5.91 Å². The first-order valence-electron chi connectivity index (χ1n) is 12.7. The number of piperazine rings is 1. The van der Waals surface area contributed by atoms with Crippen molar-refractivity contribution >= 4 is 51.1 Å². The van der Waals surface area contributed by atoms with Gasteiger partial charge in [0.1, 0.15) is 11.5 Å². The van der Waals surface area contributed by atoms with Gasteiger partial charge in [0.05, 0.1) is 28.0 Å². The first-order valence-corrected chi connectivity index (χ1v) is 14.8. The summed E-state index contributed by atoms with van der Waals surface area (Å²) in [5.41, 5.74) is 1.08. The summed E-state index contributed by atoms with van der Waals surface area (Å²) < 4.78 is 0. The number of amides is 1. The van der Waals surface area contributed by atoms with Crippen molar-refractivity contribution in [3.05, 3.63) is 39.4 Å². The minimum absolute atomic E-state index is 0.130. The Morgan fingerprint density at radius 3 is 2.66 bits per heavy atom. The molecule has 2 atom stereocenters. The lowest BCUT2D eigenvalue weighted by molar-refractivity contribution is -0.0682. The van der Waals surface area contributed by atoms with Gasteiger partial charge < -0.3 is 15.1 Å². The molecule has 2 saturated heterocycles. The van der Waals surface area contributed by atoms with Gasteiger partial charge in [-0.15, -0.1) is 11.3 Å². The Hall–Kier alpha value is -2.19. The van der Waals surface area contributed by atoms with Crippen LogP contribution in [0.4, 0.5) is 10.9 Å². The highest BCUT2D eigenvalue weighted by atomic mass is 35.5. The molecule has 1 amide bonds. The summed E-state index contributed by atoms with van der Waals surface area (Å²) in [7, 11) is 0. The molecule has 3 N–H and O–H groups in total. The molecule has 3 aromatic heterocycles. The molecule has 0 bridgehead atoms. The molecule has 204 valence electrons. The maximum absolute atomic E-state index is 13.0. The fraction of sp³-hybridized carbons (Fsp3) is 0.520. The molecular weight excluding hydrogens is 546 g/mol. The Bertz CT molecular complexity index is 1250. The highest BCUT2D eigenvalue weighted by molar-refractivity contribution is 7.17. The summed E-state index contributed by atoms with van der Waals surface area (Å²) in [4.78, 5) is 35.3. The second-order valence-corrected chi connectivity index (χ2v) is 12.3. The van der Waals surface area contributed by atoms with E-state index < -0.39 is 6.29 Å². The third-order valence-electron chi connectivity index (χ3n) is 7.11. The first-order chi connectivity index (χ1) is 18.3. The molecule has 13 heteroatoms. The van der Waals surface area contributed by atoms with E-state index in [0.717, 1.165) is 28.5 Å². The topological polar surface area (TPSA) is 118 Å². The van der Waals surface area contributed by atoms with Crippen molar-refractivity contribution in [3.63, 3.8) is 0 Å². The smallest absolute Gasteiger partial charge is 0.277 e. The lowest BCUT2D eigenvalue weighted by atomic mass is 10.2. The van der Waals surface area contributed by atoms with Crippen LogP contribution in [0.5, 0.6) is 0 Å². The van der Waals surface area contributed by atoms with Gasteiger partial charge in [-0.1, -0.05) is 22.9 Å². The molecule has 0 aromatic carbocycles. The van der Waals surface area contributed by atoms with Crippen LogP contribution < -0.4 is 10.2 Å². The number of likely N-dealkylation sites (tertiary alicyclic amines) is 1. The van der Waals surface area contributed by atoms with Crippen molar-refractivity contribution in [1.82, 2.24) is 24.8 Å².